The van der Waals surface area contributed by atoms with Gasteiger partial charge in [-0.1, -0.05) is 12.1 Å². The van der Waals surface area contributed by atoms with Crippen molar-refractivity contribution in [2.24, 2.45) is 0 Å². The number of para-hydroxylation sites is 1. The van der Waals surface area contributed by atoms with Crippen LogP contribution in [-0.2, 0) is 5.60 Å². The van der Waals surface area contributed by atoms with Crippen LogP contribution in [0.4, 0.5) is 0 Å². The van der Waals surface area contributed by atoms with Crippen molar-refractivity contribution in [1.29, 1.82) is 0 Å². The van der Waals surface area contributed by atoms with Crippen molar-refractivity contribution >= 4 is 16.9 Å². The van der Waals surface area contributed by atoms with Crippen LogP contribution < -0.4 is 15.7 Å². The number of hydrogen-bond donors (Lipinski definition) is 2. The van der Waals surface area contributed by atoms with Crippen LogP contribution >= 0.6 is 0 Å². The van der Waals surface area contributed by atoms with Crippen LogP contribution in [0.3, 0.4) is 0 Å². The lowest BCUT2D eigenvalue weighted by Crippen LogP contribution is -2.39. The number of aliphatic hydroxyl groups is 1. The van der Waals surface area contributed by atoms with Crippen LogP contribution in [-0.4, -0.2) is 24.7 Å². The fourth-order valence-corrected chi connectivity index (χ4v) is 2.46. The summed E-state index contributed by atoms with van der Waals surface area (Å²) in [6.45, 7) is 1.37. The van der Waals surface area contributed by atoms with E-state index in [1.54, 1.807) is 30.3 Å². The van der Waals surface area contributed by atoms with E-state index >= 15 is 0 Å². The number of amides is 1. The van der Waals surface area contributed by atoms with Crippen LogP contribution in [0.5, 0.6) is 5.75 Å². The molecule has 3 aromatic rings. The van der Waals surface area contributed by atoms with Gasteiger partial charge in [0.05, 0.1) is 19.9 Å². The van der Waals surface area contributed by atoms with E-state index in [0.717, 1.165) is 0 Å². The van der Waals surface area contributed by atoms with Gasteiger partial charge in [0.1, 0.15) is 16.9 Å². The molecule has 2 N–H and O–H groups in total. The summed E-state index contributed by atoms with van der Waals surface area (Å²) in [5, 5.41) is 13.4. The molecule has 7 nitrogen and oxygen atoms in total. The van der Waals surface area contributed by atoms with E-state index in [2.05, 4.69) is 5.32 Å². The summed E-state index contributed by atoms with van der Waals surface area (Å²) in [7, 11) is 1.46. The summed E-state index contributed by atoms with van der Waals surface area (Å²) < 4.78 is 15.5. The second-order valence-electron chi connectivity index (χ2n) is 5.76. The zero-order chi connectivity index (χ0) is 18.0. The van der Waals surface area contributed by atoms with Crippen molar-refractivity contribution in [2.75, 3.05) is 13.7 Å². The van der Waals surface area contributed by atoms with Crippen molar-refractivity contribution in [3.8, 4) is 5.75 Å². The Morgan fingerprint density at radius 1 is 1.32 bits per heavy atom. The Morgan fingerprint density at radius 2 is 2.12 bits per heavy atom. The number of furan rings is 1. The number of methoxy groups -OCH3 is 1. The van der Waals surface area contributed by atoms with Crippen molar-refractivity contribution < 1.29 is 23.5 Å². The molecular formula is C18H17NO6. The number of carbonyl (C=O) groups is 1. The molecule has 1 atom stereocenters. The summed E-state index contributed by atoms with van der Waals surface area (Å²) >= 11 is 0. The number of rotatable bonds is 5. The van der Waals surface area contributed by atoms with Gasteiger partial charge in [0, 0.05) is 5.39 Å². The van der Waals surface area contributed by atoms with E-state index in [4.69, 9.17) is 13.6 Å². The maximum Gasteiger partial charge on any atom is 0.349 e. The van der Waals surface area contributed by atoms with Crippen molar-refractivity contribution in [1.82, 2.24) is 5.32 Å². The Kier molecular flexibility index (Phi) is 4.33. The topological polar surface area (TPSA) is 102 Å². The zero-order valence-corrected chi connectivity index (χ0v) is 13.7. The highest BCUT2D eigenvalue weighted by molar-refractivity contribution is 5.97. The molecule has 0 spiro atoms. The lowest BCUT2D eigenvalue weighted by Gasteiger charge is -2.21. The Morgan fingerprint density at radius 3 is 2.80 bits per heavy atom. The van der Waals surface area contributed by atoms with E-state index < -0.39 is 17.1 Å². The number of hydrogen-bond acceptors (Lipinski definition) is 6. The second kappa shape index (κ2) is 6.45. The van der Waals surface area contributed by atoms with Gasteiger partial charge in [0.25, 0.3) is 5.91 Å². The van der Waals surface area contributed by atoms with Crippen LogP contribution in [0.2, 0.25) is 0 Å². The van der Waals surface area contributed by atoms with Gasteiger partial charge in [-0.05, 0) is 31.2 Å². The lowest BCUT2D eigenvalue weighted by atomic mass is 10.0. The Balaban J connectivity index is 1.85. The van der Waals surface area contributed by atoms with Gasteiger partial charge >= 0.3 is 5.63 Å². The predicted octanol–water partition coefficient (Wildman–Crippen LogP) is 2.03. The van der Waals surface area contributed by atoms with Gasteiger partial charge in [-0.15, -0.1) is 0 Å². The van der Waals surface area contributed by atoms with Gasteiger partial charge in [0.2, 0.25) is 0 Å². The number of nitrogens with one attached hydrogen (secondary N) is 1. The molecule has 0 aliphatic heterocycles. The van der Waals surface area contributed by atoms with Crippen molar-refractivity contribution in [3.63, 3.8) is 0 Å². The molecule has 25 heavy (non-hydrogen) atoms. The summed E-state index contributed by atoms with van der Waals surface area (Å²) in [4.78, 5) is 24.5. The largest absolute Gasteiger partial charge is 0.493 e. The molecule has 130 valence electrons. The van der Waals surface area contributed by atoms with Crippen LogP contribution in [0.25, 0.3) is 11.0 Å². The molecule has 0 aliphatic carbocycles. The van der Waals surface area contributed by atoms with E-state index in [1.807, 2.05) is 0 Å². The maximum absolute atomic E-state index is 12.3. The van der Waals surface area contributed by atoms with Gasteiger partial charge in [-0.2, -0.15) is 0 Å². The molecule has 0 aliphatic rings. The minimum Gasteiger partial charge on any atom is -0.493 e. The molecule has 0 radical (unpaired) electrons. The zero-order valence-electron chi connectivity index (χ0n) is 13.7. The Hall–Kier alpha value is -3.06. The maximum atomic E-state index is 12.3. The lowest BCUT2D eigenvalue weighted by molar-refractivity contribution is 0.0329. The molecule has 0 saturated carbocycles. The number of fused-ring (bicyclic) bond motifs is 1. The fraction of sp³-hybridized carbons (Fsp3) is 0.222. The van der Waals surface area contributed by atoms with Gasteiger partial charge in [-0.25, -0.2) is 4.79 Å². The summed E-state index contributed by atoms with van der Waals surface area (Å²) in [6.07, 6.45) is 1.43. The number of carbonyl (C=O) groups excluding carboxylic acids is 1. The van der Waals surface area contributed by atoms with Crippen LogP contribution in [0.15, 0.2) is 56.3 Å². The number of benzene rings is 1. The molecule has 0 saturated heterocycles. The van der Waals surface area contributed by atoms with Crippen molar-refractivity contribution in [2.45, 2.75) is 12.5 Å². The first-order valence-electron chi connectivity index (χ1n) is 7.58. The summed E-state index contributed by atoms with van der Waals surface area (Å²) in [6, 6.07) is 9.76. The molecule has 7 heteroatoms. The average molecular weight is 343 g/mol. The first kappa shape index (κ1) is 16.8. The third kappa shape index (κ3) is 3.27. The molecule has 1 aromatic carbocycles. The Labute approximate surface area is 142 Å². The van der Waals surface area contributed by atoms with Crippen LogP contribution in [0, 0.1) is 0 Å². The van der Waals surface area contributed by atoms with E-state index in [0.29, 0.717) is 16.9 Å². The molecule has 0 fully saturated rings. The Bertz CT molecular complexity index is 955. The minimum absolute atomic E-state index is 0.130. The average Bonchev–Trinajstić information content (AvgIpc) is 3.14. The third-order valence-corrected chi connectivity index (χ3v) is 3.83. The minimum atomic E-state index is -1.40. The normalized spacial score (nSPS) is 13.4. The standard InChI is InChI=1S/C18H17NO6/c1-18(22,14-7-4-8-24-14)10-19-16(20)12-9-11-5-3-6-13(23-2)15(11)25-17(12)21/h3-9,22H,10H2,1-2H3,(H,19,20). The number of ether oxygens (including phenoxy) is 1. The van der Waals surface area contributed by atoms with Crippen molar-refractivity contribution in [3.05, 3.63) is 64.4 Å². The first-order chi connectivity index (χ1) is 11.9. The van der Waals surface area contributed by atoms with E-state index in [1.165, 1.54) is 26.4 Å². The van der Waals surface area contributed by atoms with E-state index in [-0.39, 0.29) is 17.7 Å². The van der Waals surface area contributed by atoms with Crippen LogP contribution in [0.1, 0.15) is 23.0 Å². The smallest absolute Gasteiger partial charge is 0.349 e. The summed E-state index contributed by atoms with van der Waals surface area (Å²) in [5.41, 5.74) is -2.07. The van der Waals surface area contributed by atoms with Gasteiger partial charge in [0.15, 0.2) is 11.3 Å². The third-order valence-electron chi connectivity index (χ3n) is 3.83. The second-order valence-corrected chi connectivity index (χ2v) is 5.76. The molecule has 1 amide bonds. The highest BCUT2D eigenvalue weighted by Gasteiger charge is 2.27. The summed E-state index contributed by atoms with van der Waals surface area (Å²) in [5.74, 6) is 0.0655. The predicted molar refractivity (Wildman–Crippen MR) is 89.6 cm³/mol. The highest BCUT2D eigenvalue weighted by atomic mass is 16.5. The SMILES string of the molecule is COc1cccc2cc(C(=O)NCC(C)(O)c3ccco3)c(=O)oc12. The monoisotopic (exact) mass is 343 g/mol. The molecule has 2 aromatic heterocycles. The highest BCUT2D eigenvalue weighted by Crippen LogP contribution is 2.24. The molecule has 2 heterocycles. The van der Waals surface area contributed by atoms with E-state index in [9.17, 15) is 14.7 Å². The van der Waals surface area contributed by atoms with Gasteiger partial charge < -0.3 is 24.0 Å². The molecule has 0 bridgehead atoms. The quantitative estimate of drug-likeness (QED) is 0.687. The molecule has 3 rings (SSSR count). The molecule has 1 unspecified atom stereocenters. The van der Waals surface area contributed by atoms with Gasteiger partial charge in [-0.3, -0.25) is 4.79 Å². The fourth-order valence-electron chi connectivity index (χ4n) is 2.46. The molecular weight excluding hydrogens is 326 g/mol. The first-order valence-corrected chi connectivity index (χ1v) is 7.58.